The van der Waals surface area contributed by atoms with Gasteiger partial charge in [-0.3, -0.25) is 4.99 Å². The topological polar surface area (TPSA) is 53.9 Å². The molecule has 1 fully saturated rings. The fourth-order valence-corrected chi connectivity index (χ4v) is 3.84. The number of aryl methyl sites for hydroxylation is 1. The van der Waals surface area contributed by atoms with Crippen molar-refractivity contribution >= 4 is 17.5 Å². The summed E-state index contributed by atoms with van der Waals surface area (Å²) in [6.07, 6.45) is 4.69. The van der Waals surface area contributed by atoms with E-state index in [0.29, 0.717) is 13.2 Å². The summed E-state index contributed by atoms with van der Waals surface area (Å²) in [7, 11) is 0. The Balaban J connectivity index is 1.30. The summed E-state index contributed by atoms with van der Waals surface area (Å²) in [4.78, 5) is 19.2. The number of amides is 1. The highest BCUT2D eigenvalue weighted by atomic mass is 16.6. The Kier molecular flexibility index (Phi) is 5.90. The molecule has 28 heavy (non-hydrogen) atoms. The van der Waals surface area contributed by atoms with E-state index in [1.54, 1.807) is 0 Å². The number of fused-ring (bicyclic) bond motifs is 1. The number of hydrogen-bond donors (Lipinski definition) is 1. The lowest BCUT2D eigenvalue weighted by Crippen LogP contribution is -2.32. The Morgan fingerprint density at radius 1 is 1.04 bits per heavy atom. The minimum atomic E-state index is -0.227. The number of carbonyl (C=O) groups is 1. The molecule has 0 spiro atoms. The molecule has 1 amide bonds. The van der Waals surface area contributed by atoms with Gasteiger partial charge in [-0.2, -0.15) is 0 Å². The van der Waals surface area contributed by atoms with Crippen LogP contribution >= 0.6 is 0 Å². The molecule has 5 heteroatoms. The average molecular weight is 377 g/mol. The van der Waals surface area contributed by atoms with Crippen molar-refractivity contribution in [2.75, 3.05) is 18.4 Å². The van der Waals surface area contributed by atoms with Crippen LogP contribution in [0.1, 0.15) is 36.8 Å². The molecular weight excluding hydrogens is 350 g/mol. The predicted molar refractivity (Wildman–Crippen MR) is 112 cm³/mol. The third-order valence-corrected chi connectivity index (χ3v) is 5.39. The molecule has 1 unspecified atom stereocenters. The van der Waals surface area contributed by atoms with Gasteiger partial charge in [-0.1, -0.05) is 48.5 Å². The maximum absolute atomic E-state index is 12.4. The molecule has 2 aromatic rings. The van der Waals surface area contributed by atoms with Crippen LogP contribution in [0.25, 0.3) is 0 Å². The summed E-state index contributed by atoms with van der Waals surface area (Å²) in [5.74, 6) is 0. The second kappa shape index (κ2) is 8.91. The van der Waals surface area contributed by atoms with E-state index in [0.717, 1.165) is 44.2 Å². The number of nitrogens with one attached hydrogen (secondary N) is 1. The van der Waals surface area contributed by atoms with Gasteiger partial charge in [0.05, 0.1) is 0 Å². The summed E-state index contributed by atoms with van der Waals surface area (Å²) in [5, 5.41) is 3.54. The molecule has 2 heterocycles. The number of anilines is 1. The van der Waals surface area contributed by atoms with Gasteiger partial charge in [0, 0.05) is 30.9 Å². The summed E-state index contributed by atoms with van der Waals surface area (Å²) in [6, 6.07) is 18.3. The average Bonchev–Trinajstić information content (AvgIpc) is 2.98. The highest BCUT2D eigenvalue weighted by molar-refractivity contribution is 5.86. The van der Waals surface area contributed by atoms with Gasteiger partial charge < -0.3 is 15.0 Å². The fraction of sp³-hybridized carbons (Fsp3) is 0.391. The maximum atomic E-state index is 12.4. The van der Waals surface area contributed by atoms with Crippen molar-refractivity contribution in [3.05, 3.63) is 65.7 Å². The third-order valence-electron chi connectivity index (χ3n) is 5.39. The quantitative estimate of drug-likeness (QED) is 0.848. The second-order valence-electron chi connectivity index (χ2n) is 7.43. The van der Waals surface area contributed by atoms with E-state index >= 15 is 0 Å². The molecule has 4 rings (SSSR count). The number of benzene rings is 2. The fourth-order valence-electron chi connectivity index (χ4n) is 3.84. The maximum Gasteiger partial charge on any atom is 0.410 e. The lowest BCUT2D eigenvalue weighted by Gasteiger charge is -2.25. The molecule has 1 N–H and O–H groups in total. The first-order valence-corrected chi connectivity index (χ1v) is 10.1. The van der Waals surface area contributed by atoms with Gasteiger partial charge in [0.25, 0.3) is 0 Å². The van der Waals surface area contributed by atoms with Crippen molar-refractivity contribution in [2.24, 2.45) is 4.99 Å². The molecule has 0 aromatic heterocycles. The number of para-hydroxylation sites is 1. The van der Waals surface area contributed by atoms with Gasteiger partial charge in [0.15, 0.2) is 0 Å². The molecular formula is C23H27N3O2. The largest absolute Gasteiger partial charge is 0.445 e. The zero-order chi connectivity index (χ0) is 19.2. The van der Waals surface area contributed by atoms with Gasteiger partial charge in [-0.15, -0.1) is 0 Å². The first kappa shape index (κ1) is 18.5. The zero-order valence-corrected chi connectivity index (χ0v) is 16.1. The van der Waals surface area contributed by atoms with E-state index in [1.807, 2.05) is 35.2 Å². The van der Waals surface area contributed by atoms with Crippen LogP contribution in [0, 0.1) is 0 Å². The van der Waals surface area contributed by atoms with Crippen molar-refractivity contribution in [2.45, 2.75) is 44.9 Å². The van der Waals surface area contributed by atoms with E-state index in [4.69, 9.17) is 9.73 Å². The van der Waals surface area contributed by atoms with Crippen LogP contribution in [-0.2, 0) is 17.8 Å². The third kappa shape index (κ3) is 4.71. The molecule has 0 bridgehead atoms. The van der Waals surface area contributed by atoms with Gasteiger partial charge in [0.1, 0.15) is 12.8 Å². The van der Waals surface area contributed by atoms with E-state index < -0.39 is 0 Å². The van der Waals surface area contributed by atoms with Crippen molar-refractivity contribution < 1.29 is 9.53 Å². The summed E-state index contributed by atoms with van der Waals surface area (Å²) in [6.45, 7) is 1.73. The summed E-state index contributed by atoms with van der Waals surface area (Å²) < 4.78 is 5.48. The molecule has 0 aliphatic carbocycles. The van der Waals surface area contributed by atoms with E-state index in [1.165, 1.54) is 17.0 Å². The highest BCUT2D eigenvalue weighted by Crippen LogP contribution is 2.25. The number of ether oxygens (including phenoxy) is 1. The molecule has 0 radical (unpaired) electrons. The van der Waals surface area contributed by atoms with Crippen LogP contribution in [-0.4, -0.2) is 36.0 Å². The Bertz CT molecular complexity index is 835. The Morgan fingerprint density at radius 2 is 1.86 bits per heavy atom. The number of likely N-dealkylation sites (tertiary alicyclic amines) is 1. The number of aliphatic imine (C=N–C) groups is 1. The van der Waals surface area contributed by atoms with Crippen molar-refractivity contribution in [1.29, 1.82) is 0 Å². The monoisotopic (exact) mass is 377 g/mol. The van der Waals surface area contributed by atoms with Crippen LogP contribution in [0.2, 0.25) is 0 Å². The first-order valence-electron chi connectivity index (χ1n) is 10.1. The molecule has 1 saturated heterocycles. The van der Waals surface area contributed by atoms with Crippen LogP contribution in [0.4, 0.5) is 10.5 Å². The Morgan fingerprint density at radius 3 is 2.75 bits per heavy atom. The number of rotatable bonds is 3. The second-order valence-corrected chi connectivity index (χ2v) is 7.43. The van der Waals surface area contributed by atoms with E-state index in [2.05, 4.69) is 29.6 Å². The minimum absolute atomic E-state index is 0.140. The molecule has 2 aromatic carbocycles. The van der Waals surface area contributed by atoms with E-state index in [-0.39, 0.29) is 12.3 Å². The standard InChI is InChI=1S/C23H27N3O2/c27-23(28-17-18-7-2-1-3-8-18)26-15-6-10-20(14-16-26)24-22-13-12-19-9-4-5-11-21(19)25-22/h1-5,7-9,11,22,25H,6,10,12-17H2. The molecule has 0 saturated carbocycles. The van der Waals surface area contributed by atoms with Crippen LogP contribution < -0.4 is 5.32 Å². The number of hydrogen-bond acceptors (Lipinski definition) is 4. The van der Waals surface area contributed by atoms with Crippen molar-refractivity contribution in [3.8, 4) is 0 Å². The molecule has 146 valence electrons. The van der Waals surface area contributed by atoms with Crippen LogP contribution in [0.3, 0.4) is 0 Å². The van der Waals surface area contributed by atoms with Gasteiger partial charge >= 0.3 is 6.09 Å². The molecule has 5 nitrogen and oxygen atoms in total. The lowest BCUT2D eigenvalue weighted by atomic mass is 10.0. The first-order chi connectivity index (χ1) is 13.8. The smallest absolute Gasteiger partial charge is 0.410 e. The van der Waals surface area contributed by atoms with Crippen molar-refractivity contribution in [1.82, 2.24) is 4.90 Å². The molecule has 1 atom stereocenters. The minimum Gasteiger partial charge on any atom is -0.445 e. The summed E-state index contributed by atoms with van der Waals surface area (Å²) >= 11 is 0. The van der Waals surface area contributed by atoms with Gasteiger partial charge in [0.2, 0.25) is 0 Å². The Hall–Kier alpha value is -2.82. The highest BCUT2D eigenvalue weighted by Gasteiger charge is 2.21. The number of nitrogens with zero attached hydrogens (tertiary/aromatic N) is 2. The van der Waals surface area contributed by atoms with E-state index in [9.17, 15) is 4.79 Å². The Labute approximate surface area is 166 Å². The number of carbonyl (C=O) groups excluding carboxylic acids is 1. The molecule has 2 aliphatic rings. The summed E-state index contributed by atoms with van der Waals surface area (Å²) in [5.41, 5.74) is 4.78. The lowest BCUT2D eigenvalue weighted by molar-refractivity contribution is 0.0978. The normalized spacial score (nSPS) is 20.8. The molecule has 2 aliphatic heterocycles. The van der Waals surface area contributed by atoms with Gasteiger partial charge in [-0.05, 0) is 42.9 Å². The zero-order valence-electron chi connectivity index (χ0n) is 16.1. The van der Waals surface area contributed by atoms with Crippen LogP contribution in [0.5, 0.6) is 0 Å². The van der Waals surface area contributed by atoms with Crippen LogP contribution in [0.15, 0.2) is 59.6 Å². The van der Waals surface area contributed by atoms with Crippen molar-refractivity contribution in [3.63, 3.8) is 0 Å². The SMILES string of the molecule is O=C(OCc1ccccc1)N1CCCC(=NC2CCc3ccccc3N2)CC1. The van der Waals surface area contributed by atoms with Gasteiger partial charge in [-0.25, -0.2) is 4.79 Å². The predicted octanol–water partition coefficient (Wildman–Crippen LogP) is 4.63.